The summed E-state index contributed by atoms with van der Waals surface area (Å²) in [6.45, 7) is 4.22. The highest BCUT2D eigenvalue weighted by Crippen LogP contribution is 2.42. The van der Waals surface area contributed by atoms with Gasteiger partial charge in [-0.15, -0.1) is 0 Å². The molecule has 6 N–H and O–H groups in total. The number of amides is 2. The summed E-state index contributed by atoms with van der Waals surface area (Å²) in [7, 11) is 2.89. The Labute approximate surface area is 266 Å². The van der Waals surface area contributed by atoms with E-state index in [2.05, 4.69) is 20.6 Å². The Kier molecular flexibility index (Phi) is 10.8. The van der Waals surface area contributed by atoms with Crippen LogP contribution in [0.25, 0.3) is 33.6 Å². The van der Waals surface area contributed by atoms with Crippen LogP contribution in [0.5, 0.6) is 11.8 Å². The van der Waals surface area contributed by atoms with E-state index >= 15 is 0 Å². The lowest BCUT2D eigenvalue weighted by molar-refractivity contribution is 0.0939. The van der Waals surface area contributed by atoms with Gasteiger partial charge in [0, 0.05) is 47.4 Å². The second-order valence-electron chi connectivity index (χ2n) is 10.2. The van der Waals surface area contributed by atoms with Gasteiger partial charge in [0.25, 0.3) is 11.8 Å². The van der Waals surface area contributed by atoms with Crippen molar-refractivity contribution < 1.29 is 19.1 Å². The smallest absolute Gasteiger partial charge is 0.256 e. The summed E-state index contributed by atoms with van der Waals surface area (Å²) in [5.74, 6) is -0.377. The van der Waals surface area contributed by atoms with Crippen molar-refractivity contribution in [2.24, 2.45) is 11.5 Å². The molecule has 0 radical (unpaired) electrons. The highest BCUT2D eigenvalue weighted by Gasteiger charge is 2.21. The fourth-order valence-electron chi connectivity index (χ4n) is 4.41. The van der Waals surface area contributed by atoms with E-state index in [9.17, 15) is 9.59 Å². The Bertz CT molecular complexity index is 1560. The molecule has 0 fully saturated rings. The second kappa shape index (κ2) is 14.5. The molecule has 0 aliphatic heterocycles. The van der Waals surface area contributed by atoms with E-state index in [0.29, 0.717) is 56.8 Å². The monoisotopic (exact) mass is 636 g/mol. The van der Waals surface area contributed by atoms with Crippen molar-refractivity contribution in [3.63, 3.8) is 0 Å². The first-order valence-electron chi connectivity index (χ1n) is 13.8. The first-order chi connectivity index (χ1) is 21.0. The third-order valence-electron chi connectivity index (χ3n) is 6.61. The van der Waals surface area contributed by atoms with Crippen LogP contribution in [0.4, 0.5) is 0 Å². The average molecular weight is 638 g/mol. The SMILES string of the molecule is COc1nc(-c2cccc(-c3cccc(-c4ccc(C(=O)NC[C@@H](C)N)c(OC)n4)c3Cl)c2Cl)ccc1C(=O)NC[C@@H](C)N. The first-order valence-corrected chi connectivity index (χ1v) is 14.6. The third kappa shape index (κ3) is 7.28. The number of nitrogens with two attached hydrogens (primary N) is 2. The van der Waals surface area contributed by atoms with Gasteiger partial charge in [-0.05, 0) is 38.1 Å². The molecule has 0 bridgehead atoms. The lowest BCUT2D eigenvalue weighted by Gasteiger charge is -2.15. The normalized spacial score (nSPS) is 12.3. The standard InChI is InChI=1S/C32H34Cl2N6O4/c1-17(35)15-37-29(41)23-11-13-25(39-31(23)43-3)21-9-5-7-19(27(21)33)20-8-6-10-22(28(20)34)26-14-12-24(32(40-26)44-4)30(42)38-16-18(2)36/h5-14,17-18H,15-16,35-36H2,1-4H3,(H,37,41)(H,38,42)/t17-,18-/m1/s1. The zero-order chi connectivity index (χ0) is 32.0. The Hall–Kier alpha value is -4.22. The van der Waals surface area contributed by atoms with Gasteiger partial charge in [0.15, 0.2) is 0 Å². The molecule has 44 heavy (non-hydrogen) atoms. The first kappa shape index (κ1) is 32.7. The van der Waals surface area contributed by atoms with Crippen molar-refractivity contribution in [1.82, 2.24) is 20.6 Å². The number of pyridine rings is 2. The van der Waals surface area contributed by atoms with Crippen molar-refractivity contribution in [3.8, 4) is 45.4 Å². The topological polar surface area (TPSA) is 154 Å². The lowest BCUT2D eigenvalue weighted by Crippen LogP contribution is -2.35. The van der Waals surface area contributed by atoms with E-state index in [0.717, 1.165) is 0 Å². The second-order valence-corrected chi connectivity index (χ2v) is 11.0. The van der Waals surface area contributed by atoms with Crippen molar-refractivity contribution in [2.45, 2.75) is 25.9 Å². The minimum atomic E-state index is -0.342. The molecule has 0 aliphatic carbocycles. The van der Waals surface area contributed by atoms with Gasteiger partial charge < -0.3 is 31.6 Å². The number of nitrogens with zero attached hydrogens (tertiary/aromatic N) is 2. The number of nitrogens with one attached hydrogen (secondary N) is 2. The molecule has 0 spiro atoms. The number of methoxy groups -OCH3 is 2. The van der Waals surface area contributed by atoms with Gasteiger partial charge in [-0.3, -0.25) is 9.59 Å². The van der Waals surface area contributed by atoms with Crippen LogP contribution in [0.1, 0.15) is 34.6 Å². The number of benzene rings is 2. The maximum Gasteiger partial charge on any atom is 0.256 e. The maximum absolute atomic E-state index is 12.7. The Morgan fingerprint density at radius 1 is 0.682 bits per heavy atom. The van der Waals surface area contributed by atoms with Crippen LogP contribution in [0.15, 0.2) is 60.7 Å². The molecular formula is C32H34Cl2N6O4. The fourth-order valence-corrected chi connectivity index (χ4v) is 5.06. The average Bonchev–Trinajstić information content (AvgIpc) is 3.02. The van der Waals surface area contributed by atoms with Crippen LogP contribution in [-0.2, 0) is 0 Å². The minimum Gasteiger partial charge on any atom is -0.480 e. The van der Waals surface area contributed by atoms with Gasteiger partial charge in [-0.1, -0.05) is 59.6 Å². The van der Waals surface area contributed by atoms with Gasteiger partial charge in [-0.2, -0.15) is 0 Å². The molecule has 2 amide bonds. The summed E-state index contributed by atoms with van der Waals surface area (Å²) in [4.78, 5) is 34.4. The van der Waals surface area contributed by atoms with Gasteiger partial charge >= 0.3 is 0 Å². The molecule has 10 nitrogen and oxygen atoms in total. The number of ether oxygens (including phenoxy) is 2. The molecule has 0 unspecified atom stereocenters. The predicted octanol–water partition coefficient (Wildman–Crippen LogP) is 4.96. The lowest BCUT2D eigenvalue weighted by atomic mass is 9.98. The fraction of sp³-hybridized carbons (Fsp3) is 0.250. The molecule has 2 heterocycles. The number of carbonyl (C=O) groups is 2. The number of aromatic nitrogens is 2. The highest BCUT2D eigenvalue weighted by molar-refractivity contribution is 6.39. The number of rotatable bonds is 11. The molecule has 230 valence electrons. The molecule has 0 aliphatic rings. The van der Waals surface area contributed by atoms with Crippen LogP contribution < -0.4 is 31.6 Å². The maximum atomic E-state index is 12.7. The van der Waals surface area contributed by atoms with E-state index in [1.807, 2.05) is 36.4 Å². The van der Waals surface area contributed by atoms with Crippen molar-refractivity contribution in [2.75, 3.05) is 27.3 Å². The molecule has 2 aromatic heterocycles. The Morgan fingerprint density at radius 3 is 1.39 bits per heavy atom. The van der Waals surface area contributed by atoms with E-state index in [4.69, 9.17) is 44.1 Å². The van der Waals surface area contributed by atoms with Crippen LogP contribution in [0.2, 0.25) is 10.0 Å². The van der Waals surface area contributed by atoms with E-state index < -0.39 is 0 Å². The number of hydrogen-bond donors (Lipinski definition) is 4. The molecule has 2 aromatic carbocycles. The van der Waals surface area contributed by atoms with E-state index in [-0.39, 0.29) is 46.8 Å². The minimum absolute atomic E-state index is 0.154. The zero-order valence-electron chi connectivity index (χ0n) is 24.8. The third-order valence-corrected chi connectivity index (χ3v) is 7.42. The Morgan fingerprint density at radius 2 is 1.05 bits per heavy atom. The van der Waals surface area contributed by atoms with Crippen LogP contribution in [0.3, 0.4) is 0 Å². The summed E-state index contributed by atoms with van der Waals surface area (Å²) >= 11 is 13.9. The summed E-state index contributed by atoms with van der Waals surface area (Å²) in [5.41, 5.74) is 15.6. The largest absolute Gasteiger partial charge is 0.480 e. The number of carbonyl (C=O) groups excluding carboxylic acids is 2. The van der Waals surface area contributed by atoms with Crippen LogP contribution in [0, 0.1) is 0 Å². The summed E-state index contributed by atoms with van der Waals surface area (Å²) in [6.07, 6.45) is 0. The van der Waals surface area contributed by atoms with Crippen LogP contribution in [-0.4, -0.2) is 61.2 Å². The molecule has 4 rings (SSSR count). The highest BCUT2D eigenvalue weighted by atomic mass is 35.5. The number of hydrogen-bond acceptors (Lipinski definition) is 8. The Balaban J connectivity index is 1.70. The van der Waals surface area contributed by atoms with Gasteiger partial charge in [-0.25, -0.2) is 9.97 Å². The zero-order valence-corrected chi connectivity index (χ0v) is 26.3. The molecule has 2 atom stereocenters. The molecule has 0 saturated heterocycles. The summed E-state index contributed by atoms with van der Waals surface area (Å²) < 4.78 is 10.8. The molecule has 12 heteroatoms. The summed E-state index contributed by atoms with van der Waals surface area (Å²) in [5, 5.41) is 6.33. The van der Waals surface area contributed by atoms with E-state index in [1.165, 1.54) is 14.2 Å². The molecular weight excluding hydrogens is 603 g/mol. The van der Waals surface area contributed by atoms with Gasteiger partial charge in [0.05, 0.1) is 35.7 Å². The van der Waals surface area contributed by atoms with Gasteiger partial charge in [0.1, 0.15) is 11.1 Å². The van der Waals surface area contributed by atoms with E-state index in [1.54, 1.807) is 38.1 Å². The van der Waals surface area contributed by atoms with Crippen LogP contribution >= 0.6 is 23.2 Å². The molecule has 4 aromatic rings. The molecule has 0 saturated carbocycles. The van der Waals surface area contributed by atoms with Crippen molar-refractivity contribution >= 4 is 35.0 Å². The quantitative estimate of drug-likeness (QED) is 0.180. The summed E-state index contributed by atoms with van der Waals surface area (Å²) in [6, 6.07) is 17.3. The van der Waals surface area contributed by atoms with Gasteiger partial charge in [0.2, 0.25) is 11.8 Å². The predicted molar refractivity (Wildman–Crippen MR) is 173 cm³/mol. The van der Waals surface area contributed by atoms with Crippen molar-refractivity contribution in [1.29, 1.82) is 0 Å². The number of halogens is 2. The van der Waals surface area contributed by atoms with Crippen molar-refractivity contribution in [3.05, 3.63) is 81.8 Å².